The van der Waals surface area contributed by atoms with Crippen molar-refractivity contribution < 1.29 is 24.8 Å². The van der Waals surface area contributed by atoms with Crippen molar-refractivity contribution in [2.75, 3.05) is 19.8 Å². The molecule has 1 heterocycles. The summed E-state index contributed by atoms with van der Waals surface area (Å²) in [6, 6.07) is 0. The molecule has 0 saturated carbocycles. The van der Waals surface area contributed by atoms with Crippen molar-refractivity contribution in [2.24, 2.45) is 0 Å². The molecule has 5 heteroatoms. The van der Waals surface area contributed by atoms with E-state index in [1.165, 1.54) is 6.42 Å². The molecule has 1 aliphatic rings. The van der Waals surface area contributed by atoms with E-state index in [9.17, 15) is 15.3 Å². The molecule has 5 nitrogen and oxygen atoms in total. The van der Waals surface area contributed by atoms with Crippen molar-refractivity contribution in [1.29, 1.82) is 0 Å². The van der Waals surface area contributed by atoms with E-state index in [2.05, 4.69) is 19.1 Å². The number of allylic oxidation sites excluding steroid dienone is 2. The van der Waals surface area contributed by atoms with Crippen LogP contribution in [-0.2, 0) is 9.47 Å². The summed E-state index contributed by atoms with van der Waals surface area (Å²) >= 11 is 0. The maximum absolute atomic E-state index is 9.80. The van der Waals surface area contributed by atoms with Crippen LogP contribution in [0.3, 0.4) is 0 Å². The van der Waals surface area contributed by atoms with Crippen LogP contribution in [0.25, 0.3) is 0 Å². The molecule has 3 N–H and O–H groups in total. The van der Waals surface area contributed by atoms with Gasteiger partial charge >= 0.3 is 0 Å². The van der Waals surface area contributed by atoms with E-state index in [0.29, 0.717) is 6.61 Å². The van der Waals surface area contributed by atoms with Crippen molar-refractivity contribution >= 4 is 0 Å². The van der Waals surface area contributed by atoms with Crippen LogP contribution >= 0.6 is 0 Å². The molecule has 1 rings (SSSR count). The van der Waals surface area contributed by atoms with Crippen molar-refractivity contribution in [3.05, 3.63) is 12.2 Å². The molecule has 1 aliphatic heterocycles. The van der Waals surface area contributed by atoms with E-state index >= 15 is 0 Å². The van der Waals surface area contributed by atoms with Crippen LogP contribution in [0.5, 0.6) is 0 Å². The number of aliphatic hydroxyl groups is 3. The van der Waals surface area contributed by atoms with Crippen molar-refractivity contribution in [3.8, 4) is 0 Å². The van der Waals surface area contributed by atoms with E-state index in [1.54, 1.807) is 0 Å². The number of hydrogen-bond acceptors (Lipinski definition) is 5. The fraction of sp³-hybridized carbons (Fsp3) is 0.867. The molecule has 0 aliphatic carbocycles. The molecule has 1 saturated heterocycles. The zero-order chi connectivity index (χ0) is 14.8. The molecule has 0 radical (unpaired) electrons. The molecule has 0 amide bonds. The van der Waals surface area contributed by atoms with E-state index in [1.807, 2.05) is 0 Å². The Bertz CT molecular complexity index is 269. The normalized spacial score (nSPS) is 28.3. The monoisotopic (exact) mass is 288 g/mol. The highest BCUT2D eigenvalue weighted by Crippen LogP contribution is 2.17. The van der Waals surface area contributed by atoms with Gasteiger partial charge in [-0.3, -0.25) is 0 Å². The first-order valence-electron chi connectivity index (χ1n) is 7.55. The summed E-state index contributed by atoms with van der Waals surface area (Å²) in [4.78, 5) is 0. The van der Waals surface area contributed by atoms with Gasteiger partial charge in [-0.05, 0) is 25.7 Å². The Balaban J connectivity index is 1.98. The predicted octanol–water partition coefficient (Wildman–Crippen LogP) is 1.01. The molecule has 0 spiro atoms. The van der Waals surface area contributed by atoms with Crippen molar-refractivity contribution in [1.82, 2.24) is 0 Å². The third-order valence-electron chi connectivity index (χ3n) is 3.39. The lowest BCUT2D eigenvalue weighted by atomic mass is 10.1. The largest absolute Gasteiger partial charge is 0.388 e. The lowest BCUT2D eigenvalue weighted by molar-refractivity contribution is -0.0813. The summed E-state index contributed by atoms with van der Waals surface area (Å²) in [5.41, 5.74) is 0. The van der Waals surface area contributed by atoms with Gasteiger partial charge in [-0.25, -0.2) is 0 Å². The number of ether oxygens (including phenoxy) is 2. The second-order valence-corrected chi connectivity index (χ2v) is 5.25. The molecule has 4 atom stereocenters. The van der Waals surface area contributed by atoms with Crippen LogP contribution in [-0.4, -0.2) is 59.6 Å². The Hall–Kier alpha value is -0.460. The van der Waals surface area contributed by atoms with Crippen LogP contribution in [0.15, 0.2) is 12.2 Å². The molecule has 0 aromatic carbocycles. The van der Waals surface area contributed by atoms with Gasteiger partial charge in [0.15, 0.2) is 0 Å². The Morgan fingerprint density at radius 1 is 1.25 bits per heavy atom. The second-order valence-electron chi connectivity index (χ2n) is 5.25. The Morgan fingerprint density at radius 3 is 2.65 bits per heavy atom. The molecule has 0 unspecified atom stereocenters. The Labute approximate surface area is 121 Å². The second kappa shape index (κ2) is 10.3. The minimum atomic E-state index is -1.03. The minimum absolute atomic E-state index is 0.0625. The zero-order valence-corrected chi connectivity index (χ0v) is 12.3. The fourth-order valence-corrected chi connectivity index (χ4v) is 2.13. The Kier molecular flexibility index (Phi) is 9.05. The van der Waals surface area contributed by atoms with E-state index in [4.69, 9.17) is 9.47 Å². The average Bonchev–Trinajstić information content (AvgIpc) is 2.77. The highest BCUT2D eigenvalue weighted by atomic mass is 16.5. The zero-order valence-electron chi connectivity index (χ0n) is 12.3. The molecule has 20 heavy (non-hydrogen) atoms. The molecular weight excluding hydrogens is 260 g/mol. The molecular formula is C15H28O5. The smallest absolute Gasteiger partial charge is 0.114 e. The molecule has 0 aromatic heterocycles. The third-order valence-corrected chi connectivity index (χ3v) is 3.39. The SMILES string of the molecule is CCC/C=C/CCCCOC[C@@H](O)[C@H]1OC[C@H](O)[C@H]1O. The van der Waals surface area contributed by atoms with Gasteiger partial charge in [-0.15, -0.1) is 0 Å². The lowest BCUT2D eigenvalue weighted by Crippen LogP contribution is -2.40. The molecule has 118 valence electrons. The summed E-state index contributed by atoms with van der Waals surface area (Å²) < 4.78 is 10.5. The van der Waals surface area contributed by atoms with Gasteiger partial charge in [0.1, 0.15) is 24.4 Å². The van der Waals surface area contributed by atoms with Crippen molar-refractivity contribution in [3.63, 3.8) is 0 Å². The highest BCUT2D eigenvalue weighted by molar-refractivity contribution is 4.87. The van der Waals surface area contributed by atoms with Crippen molar-refractivity contribution in [2.45, 2.75) is 63.4 Å². The van der Waals surface area contributed by atoms with E-state index < -0.39 is 24.4 Å². The van der Waals surface area contributed by atoms with Gasteiger partial charge in [-0.1, -0.05) is 25.5 Å². The van der Waals surface area contributed by atoms with E-state index in [-0.39, 0.29) is 13.2 Å². The summed E-state index contributed by atoms with van der Waals surface area (Å²) in [7, 11) is 0. The lowest BCUT2D eigenvalue weighted by Gasteiger charge is -2.20. The molecule has 0 bridgehead atoms. The van der Waals surface area contributed by atoms with Crippen LogP contribution in [0, 0.1) is 0 Å². The first-order chi connectivity index (χ1) is 9.66. The fourth-order valence-electron chi connectivity index (χ4n) is 2.13. The van der Waals surface area contributed by atoms with Gasteiger partial charge in [0.05, 0.1) is 13.2 Å². The molecule has 0 aromatic rings. The number of aliphatic hydroxyl groups excluding tert-OH is 3. The van der Waals surface area contributed by atoms with Gasteiger partial charge < -0.3 is 24.8 Å². The summed E-state index contributed by atoms with van der Waals surface area (Å²) in [5, 5.41) is 28.7. The minimum Gasteiger partial charge on any atom is -0.388 e. The summed E-state index contributed by atoms with van der Waals surface area (Å²) in [6.45, 7) is 2.94. The van der Waals surface area contributed by atoms with Crippen LogP contribution < -0.4 is 0 Å². The maximum atomic E-state index is 9.80. The first kappa shape index (κ1) is 17.6. The Morgan fingerprint density at radius 2 is 2.00 bits per heavy atom. The van der Waals surface area contributed by atoms with Gasteiger partial charge in [0, 0.05) is 6.61 Å². The van der Waals surface area contributed by atoms with Crippen LogP contribution in [0.1, 0.15) is 39.0 Å². The van der Waals surface area contributed by atoms with Gasteiger partial charge in [0.25, 0.3) is 0 Å². The number of unbranched alkanes of at least 4 members (excludes halogenated alkanes) is 3. The number of hydrogen-bond donors (Lipinski definition) is 3. The topological polar surface area (TPSA) is 79.2 Å². The highest BCUT2D eigenvalue weighted by Gasteiger charge is 2.39. The maximum Gasteiger partial charge on any atom is 0.114 e. The van der Waals surface area contributed by atoms with Gasteiger partial charge in [-0.2, -0.15) is 0 Å². The first-order valence-corrected chi connectivity index (χ1v) is 7.55. The van der Waals surface area contributed by atoms with Crippen LogP contribution in [0.2, 0.25) is 0 Å². The summed E-state index contributed by atoms with van der Waals surface area (Å²) in [6.07, 6.45) is 6.20. The average molecular weight is 288 g/mol. The standard InChI is InChI=1S/C15H28O5/c1-2-3-4-5-6-7-8-9-19-10-13(17)15-14(18)12(16)11-20-15/h4-5,12-18H,2-3,6-11H2,1H3/b5-4+/t12-,13+,14+,15+/m0/s1. The number of rotatable bonds is 10. The summed E-state index contributed by atoms with van der Waals surface area (Å²) in [5.74, 6) is 0. The predicted molar refractivity (Wildman–Crippen MR) is 76.5 cm³/mol. The van der Waals surface area contributed by atoms with Crippen LogP contribution in [0.4, 0.5) is 0 Å². The quantitative estimate of drug-likeness (QED) is 0.413. The van der Waals surface area contributed by atoms with Gasteiger partial charge in [0.2, 0.25) is 0 Å². The molecule has 1 fully saturated rings. The third kappa shape index (κ3) is 6.33. The van der Waals surface area contributed by atoms with E-state index in [0.717, 1.165) is 25.7 Å².